The maximum Gasteiger partial charge on any atom is 0.247 e. The highest BCUT2D eigenvalue weighted by molar-refractivity contribution is 7.89. The van der Waals surface area contributed by atoms with Crippen molar-refractivity contribution in [2.45, 2.75) is 36.6 Å². The first-order valence-corrected chi connectivity index (χ1v) is 8.31. The van der Waals surface area contributed by atoms with Crippen LogP contribution in [0.5, 0.6) is 5.75 Å². The molecule has 2 rings (SSSR count). The first-order chi connectivity index (χ1) is 9.61. The molecule has 0 spiro atoms. The number of benzene rings is 1. The Kier molecular flexibility index (Phi) is 5.01. The molecule has 1 aromatic carbocycles. The van der Waals surface area contributed by atoms with E-state index in [2.05, 4.69) is 0 Å². The van der Waals surface area contributed by atoms with E-state index in [4.69, 9.17) is 4.74 Å². The molecule has 0 radical (unpaired) electrons. The highest BCUT2D eigenvalue weighted by Gasteiger charge is 2.34. The molecule has 1 aliphatic carbocycles. The number of rotatable bonds is 6. The number of aliphatic hydroxyl groups excluding tert-OH is 1. The second-order valence-electron chi connectivity index (χ2n) is 4.93. The molecule has 1 aromatic rings. The highest BCUT2D eigenvalue weighted by atomic mass is 32.2. The number of sulfonamides is 1. The van der Waals surface area contributed by atoms with E-state index in [-0.39, 0.29) is 24.1 Å². The van der Waals surface area contributed by atoms with E-state index in [1.807, 2.05) is 0 Å². The maximum atomic E-state index is 12.8. The number of methoxy groups -OCH3 is 1. The largest absolute Gasteiger partial charge is 0.495 e. The van der Waals surface area contributed by atoms with Crippen LogP contribution in [0.2, 0.25) is 0 Å². The number of hydrogen-bond acceptors (Lipinski definition) is 4. The molecule has 0 saturated heterocycles. The van der Waals surface area contributed by atoms with Crippen LogP contribution in [-0.4, -0.2) is 44.1 Å². The third-order valence-electron chi connectivity index (χ3n) is 3.71. The molecule has 1 aliphatic rings. The van der Waals surface area contributed by atoms with Crippen molar-refractivity contribution in [1.82, 2.24) is 4.31 Å². The van der Waals surface area contributed by atoms with Crippen molar-refractivity contribution < 1.29 is 18.3 Å². The summed E-state index contributed by atoms with van der Waals surface area (Å²) in [4.78, 5) is 0.169. The summed E-state index contributed by atoms with van der Waals surface area (Å²) in [6, 6.07) is 6.59. The fourth-order valence-electron chi connectivity index (χ4n) is 2.75. The molecular formula is C14H21NO4S. The Morgan fingerprint density at radius 1 is 1.30 bits per heavy atom. The standard InChI is InChI=1S/C14H21NO4S/c1-19-13-8-4-5-9-14(13)20(17,18)15(10-11-16)12-6-2-3-7-12/h4-5,8-9,12,16H,2-3,6-7,10-11H2,1H3. The quantitative estimate of drug-likeness (QED) is 0.867. The predicted molar refractivity (Wildman–Crippen MR) is 76.2 cm³/mol. The minimum atomic E-state index is -3.64. The Balaban J connectivity index is 2.39. The summed E-state index contributed by atoms with van der Waals surface area (Å²) in [5, 5.41) is 9.20. The Hall–Kier alpha value is -1.11. The van der Waals surface area contributed by atoms with Gasteiger partial charge in [-0.15, -0.1) is 0 Å². The van der Waals surface area contributed by atoms with Gasteiger partial charge in [-0.25, -0.2) is 8.42 Å². The van der Waals surface area contributed by atoms with Gasteiger partial charge in [0, 0.05) is 12.6 Å². The summed E-state index contributed by atoms with van der Waals surface area (Å²) in [5.74, 6) is 0.341. The number of ether oxygens (including phenoxy) is 1. The summed E-state index contributed by atoms with van der Waals surface area (Å²) < 4.78 is 32.2. The number of para-hydroxylation sites is 1. The van der Waals surface area contributed by atoms with Crippen molar-refractivity contribution in [1.29, 1.82) is 0 Å². The van der Waals surface area contributed by atoms with Crippen LogP contribution >= 0.6 is 0 Å². The lowest BCUT2D eigenvalue weighted by Crippen LogP contribution is -2.40. The number of aliphatic hydroxyl groups is 1. The monoisotopic (exact) mass is 299 g/mol. The second-order valence-corrected chi connectivity index (χ2v) is 6.79. The Labute approximate surface area is 120 Å². The van der Waals surface area contributed by atoms with Gasteiger partial charge in [-0.1, -0.05) is 25.0 Å². The SMILES string of the molecule is COc1ccccc1S(=O)(=O)N(CCO)C1CCCC1. The Bertz CT molecular complexity index is 538. The molecule has 0 amide bonds. The van der Waals surface area contributed by atoms with Gasteiger partial charge in [-0.3, -0.25) is 0 Å². The van der Waals surface area contributed by atoms with Gasteiger partial charge in [0.15, 0.2) is 0 Å². The molecule has 0 unspecified atom stereocenters. The molecule has 0 heterocycles. The Morgan fingerprint density at radius 3 is 2.55 bits per heavy atom. The molecule has 6 heteroatoms. The number of nitrogens with zero attached hydrogens (tertiary/aromatic N) is 1. The van der Waals surface area contributed by atoms with Gasteiger partial charge in [0.2, 0.25) is 10.0 Å². The van der Waals surface area contributed by atoms with E-state index >= 15 is 0 Å². The molecule has 20 heavy (non-hydrogen) atoms. The minimum Gasteiger partial charge on any atom is -0.495 e. The normalized spacial score (nSPS) is 16.8. The van der Waals surface area contributed by atoms with Crippen molar-refractivity contribution in [3.63, 3.8) is 0 Å². The summed E-state index contributed by atoms with van der Waals surface area (Å²) in [6.45, 7) is -0.0457. The molecule has 0 bridgehead atoms. The molecule has 0 atom stereocenters. The van der Waals surface area contributed by atoms with Gasteiger partial charge in [-0.05, 0) is 25.0 Å². The predicted octanol–water partition coefficient (Wildman–Crippen LogP) is 1.62. The van der Waals surface area contributed by atoms with Gasteiger partial charge >= 0.3 is 0 Å². The van der Waals surface area contributed by atoms with E-state index < -0.39 is 10.0 Å². The van der Waals surface area contributed by atoms with Gasteiger partial charge in [0.1, 0.15) is 10.6 Å². The molecular weight excluding hydrogens is 278 g/mol. The average Bonchev–Trinajstić information content (AvgIpc) is 2.98. The summed E-state index contributed by atoms with van der Waals surface area (Å²) >= 11 is 0. The van der Waals surface area contributed by atoms with E-state index in [0.717, 1.165) is 25.7 Å². The van der Waals surface area contributed by atoms with Crippen molar-refractivity contribution in [2.75, 3.05) is 20.3 Å². The van der Waals surface area contributed by atoms with Crippen LogP contribution in [-0.2, 0) is 10.0 Å². The fraction of sp³-hybridized carbons (Fsp3) is 0.571. The molecule has 5 nitrogen and oxygen atoms in total. The van der Waals surface area contributed by atoms with E-state index in [1.165, 1.54) is 11.4 Å². The second kappa shape index (κ2) is 6.56. The smallest absolute Gasteiger partial charge is 0.247 e. The first-order valence-electron chi connectivity index (χ1n) is 6.87. The lowest BCUT2D eigenvalue weighted by molar-refractivity contribution is 0.226. The zero-order valence-electron chi connectivity index (χ0n) is 11.7. The van der Waals surface area contributed by atoms with Crippen molar-refractivity contribution in [3.05, 3.63) is 24.3 Å². The molecule has 1 fully saturated rings. The summed E-state index contributed by atoms with van der Waals surface area (Å²) in [6.07, 6.45) is 3.78. The van der Waals surface area contributed by atoms with Crippen molar-refractivity contribution >= 4 is 10.0 Å². The van der Waals surface area contributed by atoms with Crippen LogP contribution < -0.4 is 4.74 Å². The van der Waals surface area contributed by atoms with Crippen molar-refractivity contribution in [2.24, 2.45) is 0 Å². The van der Waals surface area contributed by atoms with Gasteiger partial charge in [-0.2, -0.15) is 4.31 Å². The topological polar surface area (TPSA) is 66.8 Å². The van der Waals surface area contributed by atoms with Crippen molar-refractivity contribution in [3.8, 4) is 5.75 Å². The van der Waals surface area contributed by atoms with E-state index in [0.29, 0.717) is 5.75 Å². The molecule has 0 aliphatic heterocycles. The van der Waals surface area contributed by atoms with E-state index in [1.54, 1.807) is 24.3 Å². The number of hydrogen-bond donors (Lipinski definition) is 1. The first kappa shape index (κ1) is 15.3. The maximum absolute atomic E-state index is 12.8. The van der Waals surface area contributed by atoms with Crippen LogP contribution in [0.25, 0.3) is 0 Å². The molecule has 1 N–H and O–H groups in total. The zero-order chi connectivity index (χ0) is 14.6. The third kappa shape index (κ3) is 2.97. The fourth-order valence-corrected chi connectivity index (χ4v) is 4.58. The van der Waals surface area contributed by atoms with Crippen LogP contribution in [0, 0.1) is 0 Å². The zero-order valence-corrected chi connectivity index (χ0v) is 12.5. The van der Waals surface area contributed by atoms with Crippen LogP contribution in [0.4, 0.5) is 0 Å². The molecule has 112 valence electrons. The average molecular weight is 299 g/mol. The Morgan fingerprint density at radius 2 is 1.95 bits per heavy atom. The minimum absolute atomic E-state index is 0.0166. The van der Waals surface area contributed by atoms with Gasteiger partial charge in [0.25, 0.3) is 0 Å². The van der Waals surface area contributed by atoms with Gasteiger partial charge in [0.05, 0.1) is 13.7 Å². The van der Waals surface area contributed by atoms with Crippen LogP contribution in [0.15, 0.2) is 29.2 Å². The lowest BCUT2D eigenvalue weighted by atomic mass is 10.2. The lowest BCUT2D eigenvalue weighted by Gasteiger charge is -2.27. The summed E-state index contributed by atoms with van der Waals surface area (Å²) in [5.41, 5.74) is 0. The van der Waals surface area contributed by atoms with E-state index in [9.17, 15) is 13.5 Å². The van der Waals surface area contributed by atoms with Gasteiger partial charge < -0.3 is 9.84 Å². The highest BCUT2D eigenvalue weighted by Crippen LogP contribution is 2.32. The molecule has 1 saturated carbocycles. The third-order valence-corrected chi connectivity index (χ3v) is 5.70. The van der Waals surface area contributed by atoms with Crippen LogP contribution in [0.3, 0.4) is 0 Å². The molecule has 0 aromatic heterocycles. The summed E-state index contributed by atoms with van der Waals surface area (Å²) in [7, 11) is -2.18. The van der Waals surface area contributed by atoms with Crippen LogP contribution in [0.1, 0.15) is 25.7 Å².